The van der Waals surface area contributed by atoms with Gasteiger partial charge in [-0.05, 0) is 40.5 Å². The molecule has 0 aliphatic heterocycles. The standard InChI is InChI=1S/C12H11BrN2O/c1-8-4-2-3-5-11(8)16-12-10(13)6-9(14)7-15-12/h2-7H,14H2,1H3. The van der Waals surface area contributed by atoms with Crippen LogP contribution < -0.4 is 10.5 Å². The molecule has 1 aromatic carbocycles. The van der Waals surface area contributed by atoms with Crippen LogP contribution in [0.3, 0.4) is 0 Å². The van der Waals surface area contributed by atoms with E-state index in [1.165, 1.54) is 0 Å². The van der Waals surface area contributed by atoms with E-state index in [0.29, 0.717) is 11.6 Å². The van der Waals surface area contributed by atoms with Gasteiger partial charge < -0.3 is 10.5 Å². The number of aromatic nitrogens is 1. The van der Waals surface area contributed by atoms with Crippen molar-refractivity contribution in [1.82, 2.24) is 4.98 Å². The Kier molecular flexibility index (Phi) is 3.10. The molecule has 0 atom stereocenters. The van der Waals surface area contributed by atoms with E-state index in [2.05, 4.69) is 20.9 Å². The average Bonchev–Trinajstić information content (AvgIpc) is 2.25. The molecule has 2 N–H and O–H groups in total. The molecule has 0 fully saturated rings. The smallest absolute Gasteiger partial charge is 0.233 e. The van der Waals surface area contributed by atoms with E-state index < -0.39 is 0 Å². The van der Waals surface area contributed by atoms with Gasteiger partial charge in [-0.15, -0.1) is 0 Å². The lowest BCUT2D eigenvalue weighted by atomic mass is 10.2. The summed E-state index contributed by atoms with van der Waals surface area (Å²) in [6.45, 7) is 1.99. The summed E-state index contributed by atoms with van der Waals surface area (Å²) in [7, 11) is 0. The summed E-state index contributed by atoms with van der Waals surface area (Å²) in [6, 6.07) is 9.54. The van der Waals surface area contributed by atoms with Crippen LogP contribution >= 0.6 is 15.9 Å². The lowest BCUT2D eigenvalue weighted by molar-refractivity contribution is 0.456. The topological polar surface area (TPSA) is 48.1 Å². The van der Waals surface area contributed by atoms with Crippen LogP contribution in [0.4, 0.5) is 5.69 Å². The Labute approximate surface area is 102 Å². The van der Waals surface area contributed by atoms with Gasteiger partial charge in [-0.3, -0.25) is 0 Å². The number of nitrogens with two attached hydrogens (primary N) is 1. The zero-order chi connectivity index (χ0) is 11.5. The van der Waals surface area contributed by atoms with E-state index in [9.17, 15) is 0 Å². The first-order chi connectivity index (χ1) is 7.66. The molecule has 0 aliphatic carbocycles. The number of benzene rings is 1. The molecule has 4 heteroatoms. The number of aryl methyl sites for hydroxylation is 1. The van der Waals surface area contributed by atoms with Gasteiger partial charge >= 0.3 is 0 Å². The Hall–Kier alpha value is -1.55. The summed E-state index contributed by atoms with van der Waals surface area (Å²) in [5.41, 5.74) is 7.27. The number of para-hydroxylation sites is 1. The molecule has 82 valence electrons. The van der Waals surface area contributed by atoms with Gasteiger partial charge in [0, 0.05) is 0 Å². The zero-order valence-electron chi connectivity index (χ0n) is 8.77. The van der Waals surface area contributed by atoms with E-state index in [1.54, 1.807) is 12.3 Å². The highest BCUT2D eigenvalue weighted by molar-refractivity contribution is 9.10. The van der Waals surface area contributed by atoms with Crippen molar-refractivity contribution in [3.05, 3.63) is 46.6 Å². The molecule has 0 saturated heterocycles. The molecule has 0 radical (unpaired) electrons. The van der Waals surface area contributed by atoms with Crippen LogP contribution in [0, 0.1) is 6.92 Å². The van der Waals surface area contributed by atoms with E-state index in [4.69, 9.17) is 10.5 Å². The summed E-state index contributed by atoms with van der Waals surface area (Å²) in [6.07, 6.45) is 1.57. The molecule has 2 rings (SSSR count). The van der Waals surface area contributed by atoms with Gasteiger partial charge in [-0.25, -0.2) is 4.98 Å². The third-order valence-corrected chi connectivity index (χ3v) is 2.70. The van der Waals surface area contributed by atoms with Crippen molar-refractivity contribution < 1.29 is 4.74 Å². The first-order valence-electron chi connectivity index (χ1n) is 4.81. The molecule has 0 spiro atoms. The summed E-state index contributed by atoms with van der Waals surface area (Å²) in [5.74, 6) is 1.31. The largest absolute Gasteiger partial charge is 0.438 e. The van der Waals surface area contributed by atoms with Crippen molar-refractivity contribution in [2.24, 2.45) is 0 Å². The van der Waals surface area contributed by atoms with E-state index in [-0.39, 0.29) is 0 Å². The van der Waals surface area contributed by atoms with Crippen LogP contribution in [0.5, 0.6) is 11.6 Å². The Bertz CT molecular complexity index is 514. The van der Waals surface area contributed by atoms with Crippen molar-refractivity contribution >= 4 is 21.6 Å². The molecule has 0 bridgehead atoms. The molecule has 0 saturated carbocycles. The molecular weight excluding hydrogens is 268 g/mol. The summed E-state index contributed by atoms with van der Waals surface area (Å²) in [4.78, 5) is 4.12. The lowest BCUT2D eigenvalue weighted by Gasteiger charge is -2.08. The second-order valence-electron chi connectivity index (χ2n) is 3.42. The fourth-order valence-electron chi connectivity index (χ4n) is 1.29. The zero-order valence-corrected chi connectivity index (χ0v) is 10.4. The molecule has 0 aliphatic rings. The van der Waals surface area contributed by atoms with E-state index in [0.717, 1.165) is 15.8 Å². The van der Waals surface area contributed by atoms with Crippen molar-refractivity contribution in [1.29, 1.82) is 0 Å². The number of nitrogen functional groups attached to an aromatic ring is 1. The maximum atomic E-state index is 5.68. The first-order valence-corrected chi connectivity index (χ1v) is 5.60. The maximum Gasteiger partial charge on any atom is 0.233 e. The highest BCUT2D eigenvalue weighted by Gasteiger charge is 2.06. The van der Waals surface area contributed by atoms with Crippen LogP contribution in [-0.4, -0.2) is 4.98 Å². The van der Waals surface area contributed by atoms with Gasteiger partial charge in [0.05, 0.1) is 16.4 Å². The minimum absolute atomic E-state index is 0.517. The highest BCUT2D eigenvalue weighted by Crippen LogP contribution is 2.30. The van der Waals surface area contributed by atoms with E-state index in [1.807, 2.05) is 31.2 Å². The number of hydrogen-bond acceptors (Lipinski definition) is 3. The number of rotatable bonds is 2. The molecule has 1 aromatic heterocycles. The lowest BCUT2D eigenvalue weighted by Crippen LogP contribution is -1.93. The maximum absolute atomic E-state index is 5.68. The number of ether oxygens (including phenoxy) is 1. The van der Waals surface area contributed by atoms with Gasteiger partial charge in [0.25, 0.3) is 0 Å². The quantitative estimate of drug-likeness (QED) is 0.914. The molecule has 2 aromatic rings. The second kappa shape index (κ2) is 4.53. The predicted molar refractivity (Wildman–Crippen MR) is 67.6 cm³/mol. The van der Waals surface area contributed by atoms with Gasteiger partial charge in [0.2, 0.25) is 5.88 Å². The van der Waals surface area contributed by atoms with Crippen LogP contribution in [0.2, 0.25) is 0 Å². The summed E-state index contributed by atoms with van der Waals surface area (Å²) >= 11 is 3.36. The fourth-order valence-corrected chi connectivity index (χ4v) is 1.74. The van der Waals surface area contributed by atoms with Gasteiger partial charge in [0.1, 0.15) is 5.75 Å². The van der Waals surface area contributed by atoms with Gasteiger partial charge in [-0.2, -0.15) is 0 Å². The molecule has 1 heterocycles. The fraction of sp³-hybridized carbons (Fsp3) is 0.0833. The van der Waals surface area contributed by atoms with Crippen LogP contribution in [0.1, 0.15) is 5.56 Å². The van der Waals surface area contributed by atoms with Crippen LogP contribution in [0.25, 0.3) is 0 Å². The monoisotopic (exact) mass is 278 g/mol. The van der Waals surface area contributed by atoms with Crippen molar-refractivity contribution in [3.63, 3.8) is 0 Å². The van der Waals surface area contributed by atoms with Gasteiger partial charge in [-0.1, -0.05) is 18.2 Å². The second-order valence-corrected chi connectivity index (χ2v) is 4.28. The Balaban J connectivity index is 2.31. The molecule has 3 nitrogen and oxygen atoms in total. The minimum Gasteiger partial charge on any atom is -0.438 e. The average molecular weight is 279 g/mol. The third kappa shape index (κ3) is 2.33. The van der Waals surface area contributed by atoms with Gasteiger partial charge in [0.15, 0.2) is 0 Å². The summed E-state index contributed by atoms with van der Waals surface area (Å²) < 4.78 is 6.43. The van der Waals surface area contributed by atoms with Crippen LogP contribution in [0.15, 0.2) is 41.0 Å². The Morgan fingerprint density at radius 2 is 2.06 bits per heavy atom. The van der Waals surface area contributed by atoms with Crippen LogP contribution in [-0.2, 0) is 0 Å². The van der Waals surface area contributed by atoms with Crippen molar-refractivity contribution in [3.8, 4) is 11.6 Å². The number of anilines is 1. The SMILES string of the molecule is Cc1ccccc1Oc1ncc(N)cc1Br. The Morgan fingerprint density at radius 1 is 1.31 bits per heavy atom. The van der Waals surface area contributed by atoms with E-state index >= 15 is 0 Å². The first kappa shape index (κ1) is 11.0. The minimum atomic E-state index is 0.517. The van der Waals surface area contributed by atoms with Crippen molar-refractivity contribution in [2.45, 2.75) is 6.92 Å². The molecule has 0 amide bonds. The number of hydrogen-bond donors (Lipinski definition) is 1. The third-order valence-electron chi connectivity index (χ3n) is 2.13. The number of nitrogens with zero attached hydrogens (tertiary/aromatic N) is 1. The summed E-state index contributed by atoms with van der Waals surface area (Å²) in [5, 5.41) is 0. The predicted octanol–water partition coefficient (Wildman–Crippen LogP) is 3.53. The molecule has 0 unspecified atom stereocenters. The molecular formula is C12H11BrN2O. The highest BCUT2D eigenvalue weighted by atomic mass is 79.9. The van der Waals surface area contributed by atoms with Crippen molar-refractivity contribution in [2.75, 3.05) is 5.73 Å². The number of halogens is 1. The normalized spacial score (nSPS) is 10.1. The Morgan fingerprint density at radius 3 is 2.75 bits per heavy atom. The number of pyridine rings is 1. The molecule has 16 heavy (non-hydrogen) atoms.